The average molecular weight is 237 g/mol. The minimum atomic E-state index is -1.05. The summed E-state index contributed by atoms with van der Waals surface area (Å²) < 4.78 is 0. The molecule has 6 heteroatoms. The van der Waals surface area contributed by atoms with Crippen molar-refractivity contribution < 1.29 is 19.8 Å². The van der Waals surface area contributed by atoms with E-state index < -0.39 is 12.0 Å². The van der Waals surface area contributed by atoms with E-state index in [-0.39, 0.29) is 18.3 Å². The Hall–Kier alpha value is -0.750. The van der Waals surface area contributed by atoms with Gasteiger partial charge in [0.15, 0.2) is 0 Å². The molecule has 1 atom stereocenters. The second-order valence-electron chi connectivity index (χ2n) is 2.71. The number of rotatable bonds is 5. The molecule has 90 valence electrons. The van der Waals surface area contributed by atoms with Crippen LogP contribution in [0.4, 0.5) is 0 Å². The lowest BCUT2D eigenvalue weighted by molar-refractivity contribution is -0.141. The molecule has 0 fully saturated rings. The largest absolute Gasteiger partial charge is 0.480 e. The van der Waals surface area contributed by atoms with Crippen LogP contribution >= 0.6 is 12.6 Å². The number of thiol groups is 1. The number of carbonyl (C=O) groups is 2. The topological polar surface area (TPSA) is 86.6 Å². The maximum Gasteiger partial charge on any atom is 0.327 e. The van der Waals surface area contributed by atoms with Crippen LogP contribution in [0.2, 0.25) is 0 Å². The van der Waals surface area contributed by atoms with Gasteiger partial charge < -0.3 is 15.5 Å². The van der Waals surface area contributed by atoms with Crippen LogP contribution in [0.15, 0.2) is 0 Å². The Kier molecular flexibility index (Phi) is 12.6. The molecule has 0 bridgehead atoms. The zero-order valence-electron chi connectivity index (χ0n) is 9.06. The number of nitrogens with one attached hydrogen (secondary N) is 1. The third kappa shape index (κ3) is 11.2. The highest BCUT2D eigenvalue weighted by Gasteiger charge is 2.16. The van der Waals surface area contributed by atoms with Gasteiger partial charge in [-0.15, -0.1) is 0 Å². The number of hydrogen-bond acceptors (Lipinski definition) is 4. The van der Waals surface area contributed by atoms with E-state index in [4.69, 9.17) is 10.2 Å². The fourth-order valence-electron chi connectivity index (χ4n) is 0.679. The smallest absolute Gasteiger partial charge is 0.327 e. The van der Waals surface area contributed by atoms with Crippen molar-refractivity contribution >= 4 is 24.5 Å². The molecule has 0 unspecified atom stereocenters. The number of aliphatic hydroxyl groups excluding tert-OH is 1. The molecule has 1 amide bonds. The van der Waals surface area contributed by atoms with Crippen LogP contribution in [0.3, 0.4) is 0 Å². The monoisotopic (exact) mass is 237 g/mol. The molecule has 0 aliphatic heterocycles. The van der Waals surface area contributed by atoms with E-state index in [0.717, 1.165) is 0 Å². The van der Waals surface area contributed by atoms with Gasteiger partial charge in [-0.05, 0) is 13.3 Å². The SMILES string of the molecule is CCCC(=O)N[C@@H](CS)C(=O)O.CCO. The third-order valence-corrected chi connectivity index (χ3v) is 1.66. The van der Waals surface area contributed by atoms with Gasteiger partial charge in [-0.2, -0.15) is 12.6 Å². The number of amides is 1. The number of carbonyl (C=O) groups excluding carboxylic acids is 1. The predicted octanol–water partition coefficient (Wildman–Crippen LogP) is 0.284. The van der Waals surface area contributed by atoms with Gasteiger partial charge in [0, 0.05) is 18.8 Å². The van der Waals surface area contributed by atoms with Crippen LogP contribution < -0.4 is 5.32 Å². The summed E-state index contributed by atoms with van der Waals surface area (Å²) in [4.78, 5) is 21.3. The Morgan fingerprint density at radius 2 is 1.87 bits per heavy atom. The second-order valence-corrected chi connectivity index (χ2v) is 3.07. The van der Waals surface area contributed by atoms with Crippen molar-refractivity contribution in [1.29, 1.82) is 0 Å². The number of carboxylic acid groups (broad SMARTS) is 1. The molecule has 3 N–H and O–H groups in total. The van der Waals surface area contributed by atoms with E-state index >= 15 is 0 Å². The van der Waals surface area contributed by atoms with Crippen molar-refractivity contribution in [2.45, 2.75) is 32.7 Å². The molecule has 0 saturated heterocycles. The minimum Gasteiger partial charge on any atom is -0.480 e. The number of carboxylic acids is 1. The lowest BCUT2D eigenvalue weighted by atomic mass is 10.3. The first-order valence-electron chi connectivity index (χ1n) is 4.77. The highest BCUT2D eigenvalue weighted by Crippen LogP contribution is 1.92. The third-order valence-electron chi connectivity index (χ3n) is 1.29. The second kappa shape index (κ2) is 11.3. The first-order valence-corrected chi connectivity index (χ1v) is 5.40. The van der Waals surface area contributed by atoms with Crippen LogP contribution in [0.25, 0.3) is 0 Å². The van der Waals surface area contributed by atoms with Crippen LogP contribution in [0.5, 0.6) is 0 Å². The lowest BCUT2D eigenvalue weighted by Crippen LogP contribution is -2.41. The first-order chi connectivity index (χ1) is 7.03. The van der Waals surface area contributed by atoms with Crippen molar-refractivity contribution in [2.24, 2.45) is 0 Å². The van der Waals surface area contributed by atoms with Crippen molar-refractivity contribution in [3.05, 3.63) is 0 Å². The predicted molar refractivity (Wildman–Crippen MR) is 61.1 cm³/mol. The van der Waals surface area contributed by atoms with Gasteiger partial charge in [0.2, 0.25) is 5.91 Å². The molecule has 0 aromatic heterocycles. The Balaban J connectivity index is 0. The number of aliphatic hydroxyl groups is 1. The molecule has 0 heterocycles. The summed E-state index contributed by atoms with van der Waals surface area (Å²) in [5.41, 5.74) is 0. The summed E-state index contributed by atoms with van der Waals surface area (Å²) in [6.07, 6.45) is 1.07. The fourth-order valence-corrected chi connectivity index (χ4v) is 0.927. The molecule has 0 radical (unpaired) electrons. The van der Waals surface area contributed by atoms with Gasteiger partial charge in [-0.1, -0.05) is 6.92 Å². The van der Waals surface area contributed by atoms with Gasteiger partial charge in [-0.25, -0.2) is 4.79 Å². The Labute approximate surface area is 95.3 Å². The molecule has 0 aliphatic rings. The molecule has 0 aromatic carbocycles. The highest BCUT2D eigenvalue weighted by molar-refractivity contribution is 7.80. The zero-order valence-corrected chi connectivity index (χ0v) is 9.96. The summed E-state index contributed by atoms with van der Waals surface area (Å²) in [6, 6.07) is -0.868. The van der Waals surface area contributed by atoms with Crippen molar-refractivity contribution in [3.8, 4) is 0 Å². The average Bonchev–Trinajstić information content (AvgIpc) is 2.15. The minimum absolute atomic E-state index is 0.116. The number of aliphatic carboxylic acids is 1. The quantitative estimate of drug-likeness (QED) is 0.517. The summed E-state index contributed by atoms with van der Waals surface area (Å²) >= 11 is 3.80. The van der Waals surface area contributed by atoms with Crippen LogP contribution in [-0.4, -0.2) is 40.5 Å². The summed E-state index contributed by atoms with van der Waals surface area (Å²) in [6.45, 7) is 3.79. The van der Waals surface area contributed by atoms with Crippen molar-refractivity contribution in [2.75, 3.05) is 12.4 Å². The molecule has 0 aliphatic carbocycles. The van der Waals surface area contributed by atoms with Gasteiger partial charge in [0.05, 0.1) is 0 Å². The van der Waals surface area contributed by atoms with Crippen molar-refractivity contribution in [1.82, 2.24) is 5.32 Å². The molecule has 0 rings (SSSR count). The number of hydrogen-bond donors (Lipinski definition) is 4. The normalized spacial score (nSPS) is 10.9. The van der Waals surface area contributed by atoms with E-state index in [2.05, 4.69) is 17.9 Å². The molecule has 0 spiro atoms. The van der Waals surface area contributed by atoms with Gasteiger partial charge in [0.25, 0.3) is 0 Å². The van der Waals surface area contributed by atoms with E-state index in [1.807, 2.05) is 6.92 Å². The Morgan fingerprint density at radius 1 is 1.40 bits per heavy atom. The van der Waals surface area contributed by atoms with E-state index in [9.17, 15) is 9.59 Å². The Morgan fingerprint density at radius 3 is 2.13 bits per heavy atom. The van der Waals surface area contributed by atoms with Crippen LogP contribution in [0.1, 0.15) is 26.7 Å². The standard InChI is InChI=1S/C7H13NO3S.C2H6O/c1-2-3-6(9)8-5(4-12)7(10)11;1-2-3/h5,12H,2-4H2,1H3,(H,8,9)(H,10,11);3H,2H2,1H3/t5-;/m0./s1. The summed E-state index contributed by atoms with van der Waals surface area (Å²) in [5, 5.41) is 18.4. The summed E-state index contributed by atoms with van der Waals surface area (Å²) in [5.74, 6) is -1.17. The van der Waals surface area contributed by atoms with E-state index in [1.54, 1.807) is 6.92 Å². The molecule has 15 heavy (non-hydrogen) atoms. The van der Waals surface area contributed by atoms with E-state index in [1.165, 1.54) is 0 Å². The Bertz CT molecular complexity index is 187. The maximum absolute atomic E-state index is 10.9. The molecule has 0 aromatic rings. The van der Waals surface area contributed by atoms with Gasteiger partial charge in [-0.3, -0.25) is 4.79 Å². The first kappa shape index (κ1) is 16.7. The molecular weight excluding hydrogens is 218 g/mol. The molecule has 5 nitrogen and oxygen atoms in total. The lowest BCUT2D eigenvalue weighted by Gasteiger charge is -2.10. The van der Waals surface area contributed by atoms with Crippen LogP contribution in [0, 0.1) is 0 Å². The van der Waals surface area contributed by atoms with Crippen molar-refractivity contribution in [3.63, 3.8) is 0 Å². The molecular formula is C9H19NO4S. The van der Waals surface area contributed by atoms with Crippen LogP contribution in [-0.2, 0) is 9.59 Å². The molecule has 0 saturated carbocycles. The maximum atomic E-state index is 10.9. The fraction of sp³-hybridized carbons (Fsp3) is 0.778. The summed E-state index contributed by atoms with van der Waals surface area (Å²) in [7, 11) is 0. The van der Waals surface area contributed by atoms with Gasteiger partial charge in [0.1, 0.15) is 6.04 Å². The van der Waals surface area contributed by atoms with Gasteiger partial charge >= 0.3 is 5.97 Å². The van der Waals surface area contributed by atoms with E-state index in [0.29, 0.717) is 12.8 Å². The zero-order chi connectivity index (χ0) is 12.3. The highest BCUT2D eigenvalue weighted by atomic mass is 32.1.